The maximum atomic E-state index is 13.5. The van der Waals surface area contributed by atoms with Crippen LogP contribution in [0.2, 0.25) is 0 Å². The molecule has 3 rings (SSSR count). The summed E-state index contributed by atoms with van der Waals surface area (Å²) in [6.45, 7) is 3.57. The molecule has 0 aliphatic carbocycles. The van der Waals surface area contributed by atoms with E-state index in [1.54, 1.807) is 30.3 Å². The Balaban J connectivity index is 1.43. The third-order valence-corrected chi connectivity index (χ3v) is 4.37. The third kappa shape index (κ3) is 4.76. The summed E-state index contributed by atoms with van der Waals surface area (Å²) in [5.41, 5.74) is 1.47. The molecule has 1 aliphatic rings. The van der Waals surface area contributed by atoms with Crippen LogP contribution in [-0.4, -0.2) is 43.5 Å². The number of hydrogen-bond acceptors (Lipinski definition) is 3. The van der Waals surface area contributed by atoms with Gasteiger partial charge in [-0.25, -0.2) is 8.78 Å². The van der Waals surface area contributed by atoms with Crippen molar-refractivity contribution in [3.8, 4) is 0 Å². The van der Waals surface area contributed by atoms with E-state index in [1.165, 1.54) is 18.2 Å². The van der Waals surface area contributed by atoms with Gasteiger partial charge in [-0.1, -0.05) is 18.2 Å². The lowest BCUT2D eigenvalue weighted by molar-refractivity contribution is -0.122. The highest BCUT2D eigenvalue weighted by Gasteiger charge is 2.19. The highest BCUT2D eigenvalue weighted by Crippen LogP contribution is 2.16. The molecule has 2 aromatic rings. The number of anilines is 1. The molecule has 0 aromatic heterocycles. The molecule has 0 spiro atoms. The number of rotatable bonds is 5. The number of benzene rings is 2. The topological polar surface area (TPSA) is 35.6 Å². The van der Waals surface area contributed by atoms with Crippen LogP contribution in [-0.2, 0) is 11.3 Å². The lowest BCUT2D eigenvalue weighted by atomic mass is 10.2. The Morgan fingerprint density at radius 3 is 2.32 bits per heavy atom. The first kappa shape index (κ1) is 17.4. The Hall–Kier alpha value is -2.47. The molecule has 25 heavy (non-hydrogen) atoms. The van der Waals surface area contributed by atoms with Crippen molar-refractivity contribution in [2.75, 3.05) is 37.6 Å². The molecular weight excluding hydrogens is 324 g/mol. The summed E-state index contributed by atoms with van der Waals surface area (Å²) in [5, 5.41) is 2.76. The normalized spacial score (nSPS) is 15.2. The maximum absolute atomic E-state index is 13.5. The van der Waals surface area contributed by atoms with Gasteiger partial charge in [0.25, 0.3) is 0 Å². The fraction of sp³-hybridized carbons (Fsp3) is 0.316. The molecule has 0 bridgehead atoms. The van der Waals surface area contributed by atoms with Gasteiger partial charge in [-0.15, -0.1) is 0 Å². The fourth-order valence-corrected chi connectivity index (χ4v) is 2.91. The Morgan fingerprint density at radius 2 is 1.64 bits per heavy atom. The third-order valence-electron chi connectivity index (χ3n) is 4.37. The molecule has 6 heteroatoms. The predicted molar refractivity (Wildman–Crippen MR) is 93.3 cm³/mol. The number of piperazine rings is 1. The van der Waals surface area contributed by atoms with E-state index in [1.807, 2.05) is 0 Å². The van der Waals surface area contributed by atoms with E-state index in [0.717, 1.165) is 31.9 Å². The van der Waals surface area contributed by atoms with Crippen LogP contribution < -0.4 is 10.2 Å². The van der Waals surface area contributed by atoms with E-state index in [0.29, 0.717) is 12.1 Å². The van der Waals surface area contributed by atoms with Gasteiger partial charge < -0.3 is 10.2 Å². The molecule has 1 aliphatic heterocycles. The van der Waals surface area contributed by atoms with Crippen molar-refractivity contribution in [3.63, 3.8) is 0 Å². The van der Waals surface area contributed by atoms with Crippen LogP contribution in [0.25, 0.3) is 0 Å². The number of nitrogens with one attached hydrogen (secondary N) is 1. The number of nitrogens with zero attached hydrogens (tertiary/aromatic N) is 2. The van der Waals surface area contributed by atoms with Crippen LogP contribution in [0.3, 0.4) is 0 Å². The lowest BCUT2D eigenvalue weighted by Crippen LogP contribution is -2.49. The quantitative estimate of drug-likeness (QED) is 0.904. The SMILES string of the molecule is O=C(CN1CCN(c2ccc(F)cc2)CC1)NCc1ccccc1F. The number of carbonyl (C=O) groups is 1. The second-order valence-electron chi connectivity index (χ2n) is 6.11. The van der Waals surface area contributed by atoms with E-state index in [4.69, 9.17) is 0 Å². The van der Waals surface area contributed by atoms with Crippen LogP contribution in [0.4, 0.5) is 14.5 Å². The Morgan fingerprint density at radius 1 is 0.960 bits per heavy atom. The van der Waals surface area contributed by atoms with E-state index >= 15 is 0 Å². The monoisotopic (exact) mass is 345 g/mol. The van der Waals surface area contributed by atoms with Gasteiger partial charge in [0, 0.05) is 44.0 Å². The van der Waals surface area contributed by atoms with Crippen molar-refractivity contribution in [1.29, 1.82) is 0 Å². The van der Waals surface area contributed by atoms with Gasteiger partial charge in [0.1, 0.15) is 11.6 Å². The van der Waals surface area contributed by atoms with Crippen molar-refractivity contribution in [1.82, 2.24) is 10.2 Å². The number of halogens is 2. The highest BCUT2D eigenvalue weighted by molar-refractivity contribution is 5.78. The van der Waals surface area contributed by atoms with E-state index in [2.05, 4.69) is 15.1 Å². The zero-order valence-electron chi connectivity index (χ0n) is 13.9. The van der Waals surface area contributed by atoms with Crippen molar-refractivity contribution in [2.24, 2.45) is 0 Å². The first-order valence-corrected chi connectivity index (χ1v) is 8.35. The summed E-state index contributed by atoms with van der Waals surface area (Å²) in [6, 6.07) is 12.9. The molecule has 0 unspecified atom stereocenters. The van der Waals surface area contributed by atoms with Gasteiger partial charge in [-0.2, -0.15) is 0 Å². The van der Waals surface area contributed by atoms with Crippen LogP contribution in [0, 0.1) is 11.6 Å². The lowest BCUT2D eigenvalue weighted by Gasteiger charge is -2.35. The molecule has 1 N–H and O–H groups in total. The largest absolute Gasteiger partial charge is 0.369 e. The summed E-state index contributed by atoms with van der Waals surface area (Å²) in [7, 11) is 0. The summed E-state index contributed by atoms with van der Waals surface area (Å²) in [6.07, 6.45) is 0. The summed E-state index contributed by atoms with van der Waals surface area (Å²) in [4.78, 5) is 16.3. The van der Waals surface area contributed by atoms with Crippen LogP contribution in [0.5, 0.6) is 0 Å². The minimum atomic E-state index is -0.310. The minimum Gasteiger partial charge on any atom is -0.369 e. The average Bonchev–Trinajstić information content (AvgIpc) is 2.62. The number of carbonyl (C=O) groups excluding carboxylic acids is 1. The second-order valence-corrected chi connectivity index (χ2v) is 6.11. The minimum absolute atomic E-state index is 0.113. The summed E-state index contributed by atoms with van der Waals surface area (Å²) >= 11 is 0. The van der Waals surface area contributed by atoms with Crippen molar-refractivity contribution in [3.05, 3.63) is 65.7 Å². The molecule has 0 atom stereocenters. The standard InChI is InChI=1S/C19H21F2N3O/c20-16-5-7-17(8-6-16)24-11-9-23(10-12-24)14-19(25)22-13-15-3-1-2-4-18(15)21/h1-8H,9-14H2,(H,22,25). The molecule has 2 aromatic carbocycles. The number of amides is 1. The van der Waals surface area contributed by atoms with Gasteiger partial charge >= 0.3 is 0 Å². The van der Waals surface area contributed by atoms with Gasteiger partial charge in [0.2, 0.25) is 5.91 Å². The molecule has 4 nitrogen and oxygen atoms in total. The van der Waals surface area contributed by atoms with Crippen LogP contribution >= 0.6 is 0 Å². The van der Waals surface area contributed by atoms with Crippen LogP contribution in [0.1, 0.15) is 5.56 Å². The predicted octanol–water partition coefficient (Wildman–Crippen LogP) is 2.40. The fourth-order valence-electron chi connectivity index (χ4n) is 2.91. The smallest absolute Gasteiger partial charge is 0.234 e. The first-order valence-electron chi connectivity index (χ1n) is 8.35. The Labute approximate surface area is 146 Å². The van der Waals surface area contributed by atoms with Crippen molar-refractivity contribution < 1.29 is 13.6 Å². The zero-order valence-corrected chi connectivity index (χ0v) is 13.9. The van der Waals surface area contributed by atoms with E-state index in [-0.39, 0.29) is 24.1 Å². The first-order chi connectivity index (χ1) is 12.1. The van der Waals surface area contributed by atoms with E-state index < -0.39 is 0 Å². The molecular formula is C19H21F2N3O. The molecule has 1 saturated heterocycles. The molecule has 0 radical (unpaired) electrons. The van der Waals surface area contributed by atoms with Crippen LogP contribution in [0.15, 0.2) is 48.5 Å². The maximum Gasteiger partial charge on any atom is 0.234 e. The Kier molecular flexibility index (Phi) is 5.60. The highest BCUT2D eigenvalue weighted by atomic mass is 19.1. The van der Waals surface area contributed by atoms with E-state index in [9.17, 15) is 13.6 Å². The summed E-state index contributed by atoms with van der Waals surface area (Å²) in [5.74, 6) is -0.664. The number of hydrogen-bond donors (Lipinski definition) is 1. The summed E-state index contributed by atoms with van der Waals surface area (Å²) < 4.78 is 26.5. The zero-order chi connectivity index (χ0) is 17.6. The molecule has 1 amide bonds. The molecule has 0 saturated carbocycles. The molecule has 1 fully saturated rings. The molecule has 1 heterocycles. The second kappa shape index (κ2) is 8.07. The van der Waals surface area contributed by atoms with Gasteiger partial charge in [-0.05, 0) is 30.3 Å². The van der Waals surface area contributed by atoms with Crippen molar-refractivity contribution >= 4 is 11.6 Å². The average molecular weight is 345 g/mol. The molecule has 132 valence electrons. The van der Waals surface area contributed by atoms with Gasteiger partial charge in [0.15, 0.2) is 0 Å². The van der Waals surface area contributed by atoms with Crippen molar-refractivity contribution in [2.45, 2.75) is 6.54 Å². The van der Waals surface area contributed by atoms with Gasteiger partial charge in [0.05, 0.1) is 6.54 Å². The van der Waals surface area contributed by atoms with Gasteiger partial charge in [-0.3, -0.25) is 9.69 Å². The Bertz CT molecular complexity index is 713.